The summed E-state index contributed by atoms with van der Waals surface area (Å²) in [4.78, 5) is 11.2. The second-order valence-corrected chi connectivity index (χ2v) is 4.40. The van der Waals surface area contributed by atoms with Crippen LogP contribution in [0, 0.1) is 5.82 Å². The van der Waals surface area contributed by atoms with Gasteiger partial charge in [0.1, 0.15) is 11.6 Å². The Bertz CT molecular complexity index is 410. The molecule has 0 aliphatic rings. The fourth-order valence-corrected chi connectivity index (χ4v) is 1.51. The first-order valence-electron chi connectivity index (χ1n) is 4.87. The standard InChI is InChI=1S/C11H10BrF3O2/c1-2-9(12)10(16)6-3-7(13)5-8(4-6)17-11(14)15/h3-5,9,11H,2H2,1H3. The minimum atomic E-state index is -3.05. The van der Waals surface area contributed by atoms with Crippen molar-refractivity contribution in [3.05, 3.63) is 29.6 Å². The van der Waals surface area contributed by atoms with Gasteiger partial charge in [0.2, 0.25) is 0 Å². The third-order valence-corrected chi connectivity index (χ3v) is 3.09. The van der Waals surface area contributed by atoms with Crippen molar-refractivity contribution in [1.29, 1.82) is 0 Å². The average molecular weight is 311 g/mol. The molecule has 0 bridgehead atoms. The number of carbonyl (C=O) groups is 1. The van der Waals surface area contributed by atoms with E-state index in [1.807, 2.05) is 0 Å². The van der Waals surface area contributed by atoms with E-state index >= 15 is 0 Å². The van der Waals surface area contributed by atoms with Gasteiger partial charge in [-0.3, -0.25) is 4.79 Å². The average Bonchev–Trinajstić information content (AvgIpc) is 2.25. The number of alkyl halides is 3. The molecule has 2 nitrogen and oxygen atoms in total. The first-order valence-corrected chi connectivity index (χ1v) is 5.79. The number of ether oxygens (including phenoxy) is 1. The molecule has 0 saturated heterocycles. The Balaban J connectivity index is 3.00. The van der Waals surface area contributed by atoms with Crippen LogP contribution in [0.3, 0.4) is 0 Å². The van der Waals surface area contributed by atoms with Gasteiger partial charge in [0.15, 0.2) is 5.78 Å². The molecule has 1 unspecified atom stereocenters. The molecule has 0 fully saturated rings. The smallest absolute Gasteiger partial charge is 0.387 e. The van der Waals surface area contributed by atoms with Gasteiger partial charge in [-0.1, -0.05) is 22.9 Å². The van der Waals surface area contributed by atoms with E-state index in [9.17, 15) is 18.0 Å². The highest BCUT2D eigenvalue weighted by Gasteiger charge is 2.17. The summed E-state index contributed by atoms with van der Waals surface area (Å²) < 4.78 is 41.1. The molecule has 1 aromatic carbocycles. The summed E-state index contributed by atoms with van der Waals surface area (Å²) in [6, 6.07) is 2.89. The quantitative estimate of drug-likeness (QED) is 0.611. The molecule has 6 heteroatoms. The summed E-state index contributed by atoms with van der Waals surface area (Å²) in [6.45, 7) is -1.28. The summed E-state index contributed by atoms with van der Waals surface area (Å²) in [5, 5.41) is 0. The summed E-state index contributed by atoms with van der Waals surface area (Å²) in [7, 11) is 0. The van der Waals surface area contributed by atoms with Crippen molar-refractivity contribution in [2.75, 3.05) is 0 Å². The van der Waals surface area contributed by atoms with Crippen molar-refractivity contribution in [2.45, 2.75) is 24.8 Å². The molecule has 0 spiro atoms. The maximum Gasteiger partial charge on any atom is 0.387 e. The molecule has 0 radical (unpaired) electrons. The van der Waals surface area contributed by atoms with E-state index in [0.29, 0.717) is 6.42 Å². The maximum absolute atomic E-state index is 13.1. The molecule has 1 atom stereocenters. The maximum atomic E-state index is 13.1. The van der Waals surface area contributed by atoms with Crippen LogP contribution in [0.15, 0.2) is 18.2 Å². The zero-order chi connectivity index (χ0) is 13.0. The van der Waals surface area contributed by atoms with E-state index in [1.165, 1.54) is 0 Å². The molecule has 0 N–H and O–H groups in total. The summed E-state index contributed by atoms with van der Waals surface area (Å²) in [5.74, 6) is -1.52. The molecule has 17 heavy (non-hydrogen) atoms. The molecule has 0 heterocycles. The normalized spacial score (nSPS) is 12.6. The Morgan fingerprint density at radius 2 is 2.06 bits per heavy atom. The predicted octanol–water partition coefficient (Wildman–Crippen LogP) is 3.78. The second kappa shape index (κ2) is 6.05. The number of benzene rings is 1. The molecule has 0 aliphatic carbocycles. The molecular formula is C11H10BrF3O2. The molecule has 1 rings (SSSR count). The molecule has 0 saturated carbocycles. The lowest BCUT2D eigenvalue weighted by Crippen LogP contribution is -2.13. The summed E-state index contributed by atoms with van der Waals surface area (Å²) >= 11 is 3.12. The van der Waals surface area contributed by atoms with Gasteiger partial charge in [-0.05, 0) is 18.6 Å². The highest BCUT2D eigenvalue weighted by Crippen LogP contribution is 2.21. The molecular weight excluding hydrogens is 301 g/mol. The monoisotopic (exact) mass is 310 g/mol. The van der Waals surface area contributed by atoms with Crippen LogP contribution in [-0.4, -0.2) is 17.2 Å². The Hall–Kier alpha value is -1.04. The lowest BCUT2D eigenvalue weighted by Gasteiger charge is -2.09. The zero-order valence-electron chi connectivity index (χ0n) is 8.92. The molecule has 1 aromatic rings. The van der Waals surface area contributed by atoms with Crippen molar-refractivity contribution in [3.8, 4) is 5.75 Å². The van der Waals surface area contributed by atoms with Crippen LogP contribution in [0.4, 0.5) is 13.2 Å². The summed E-state index contributed by atoms with van der Waals surface area (Å²) in [5.41, 5.74) is 0.00405. The fourth-order valence-electron chi connectivity index (χ4n) is 1.24. The second-order valence-electron chi connectivity index (χ2n) is 3.29. The van der Waals surface area contributed by atoms with Crippen LogP contribution in [0.25, 0.3) is 0 Å². The third-order valence-electron chi connectivity index (χ3n) is 2.02. The van der Waals surface area contributed by atoms with Gasteiger partial charge in [0, 0.05) is 11.6 Å². The Labute approximate surface area is 105 Å². The van der Waals surface area contributed by atoms with Crippen LogP contribution in [0.1, 0.15) is 23.7 Å². The van der Waals surface area contributed by atoms with Crippen LogP contribution in [-0.2, 0) is 0 Å². The van der Waals surface area contributed by atoms with E-state index in [4.69, 9.17) is 0 Å². The van der Waals surface area contributed by atoms with Gasteiger partial charge in [0.05, 0.1) is 4.83 Å². The predicted molar refractivity (Wildman–Crippen MR) is 60.4 cm³/mol. The van der Waals surface area contributed by atoms with Crippen LogP contribution in [0.5, 0.6) is 5.75 Å². The van der Waals surface area contributed by atoms with Gasteiger partial charge in [0.25, 0.3) is 0 Å². The van der Waals surface area contributed by atoms with Crippen molar-refractivity contribution >= 4 is 21.7 Å². The number of rotatable bonds is 5. The number of carbonyl (C=O) groups excluding carboxylic acids is 1. The lowest BCUT2D eigenvalue weighted by atomic mass is 10.1. The Morgan fingerprint density at radius 1 is 1.41 bits per heavy atom. The van der Waals surface area contributed by atoms with E-state index in [0.717, 1.165) is 18.2 Å². The zero-order valence-corrected chi connectivity index (χ0v) is 10.5. The highest BCUT2D eigenvalue weighted by molar-refractivity contribution is 9.10. The van der Waals surface area contributed by atoms with E-state index < -0.39 is 17.3 Å². The number of hydrogen-bond donors (Lipinski definition) is 0. The first kappa shape index (κ1) is 14.0. The van der Waals surface area contributed by atoms with Crippen LogP contribution in [0.2, 0.25) is 0 Å². The Kier molecular flexibility index (Phi) is 4.99. The SMILES string of the molecule is CCC(Br)C(=O)c1cc(F)cc(OC(F)F)c1. The van der Waals surface area contributed by atoms with Gasteiger partial charge < -0.3 is 4.74 Å². The van der Waals surface area contributed by atoms with Gasteiger partial charge >= 0.3 is 6.61 Å². The number of hydrogen-bond acceptors (Lipinski definition) is 2. The molecule has 94 valence electrons. The highest BCUT2D eigenvalue weighted by atomic mass is 79.9. The Morgan fingerprint density at radius 3 is 2.59 bits per heavy atom. The van der Waals surface area contributed by atoms with Crippen LogP contribution < -0.4 is 4.74 Å². The topological polar surface area (TPSA) is 26.3 Å². The van der Waals surface area contributed by atoms with Gasteiger partial charge in [-0.2, -0.15) is 8.78 Å². The molecule has 0 aromatic heterocycles. The van der Waals surface area contributed by atoms with E-state index in [2.05, 4.69) is 20.7 Å². The number of Topliss-reactive ketones (excluding diaryl/α,β-unsaturated/α-hetero) is 1. The summed E-state index contributed by atoms with van der Waals surface area (Å²) in [6.07, 6.45) is 0.514. The van der Waals surface area contributed by atoms with E-state index in [1.54, 1.807) is 6.92 Å². The molecule has 0 aliphatic heterocycles. The van der Waals surface area contributed by atoms with Crippen LogP contribution >= 0.6 is 15.9 Å². The minimum Gasteiger partial charge on any atom is -0.435 e. The fraction of sp³-hybridized carbons (Fsp3) is 0.364. The van der Waals surface area contributed by atoms with Gasteiger partial charge in [-0.25, -0.2) is 4.39 Å². The minimum absolute atomic E-state index is 0.00405. The van der Waals surface area contributed by atoms with Crippen molar-refractivity contribution < 1.29 is 22.7 Å². The van der Waals surface area contributed by atoms with E-state index in [-0.39, 0.29) is 17.1 Å². The van der Waals surface area contributed by atoms with Gasteiger partial charge in [-0.15, -0.1) is 0 Å². The number of halogens is 4. The largest absolute Gasteiger partial charge is 0.435 e. The lowest BCUT2D eigenvalue weighted by molar-refractivity contribution is -0.0500. The van der Waals surface area contributed by atoms with Crippen molar-refractivity contribution in [3.63, 3.8) is 0 Å². The third kappa shape index (κ3) is 4.03. The van der Waals surface area contributed by atoms with Crippen molar-refractivity contribution in [2.24, 2.45) is 0 Å². The number of ketones is 1. The first-order chi connectivity index (χ1) is 7.93. The molecule has 0 amide bonds. The van der Waals surface area contributed by atoms with Crippen molar-refractivity contribution in [1.82, 2.24) is 0 Å².